The van der Waals surface area contributed by atoms with Crippen LogP contribution in [0.15, 0.2) is 24.4 Å². The standard InChI is InChI=1S/C17H23N3/c1-3-13-6-5-9-19-16(13)11-20-12(2)10-14-15(18)7-4-8-17(14)20/h5-6,9-10,15H,3-4,7-8,11,18H2,1-2H3. The number of aryl methyl sites for hydroxylation is 2. The van der Waals surface area contributed by atoms with Crippen molar-refractivity contribution in [1.29, 1.82) is 0 Å². The topological polar surface area (TPSA) is 43.8 Å². The zero-order chi connectivity index (χ0) is 14.1. The fourth-order valence-corrected chi connectivity index (χ4v) is 3.31. The third kappa shape index (κ3) is 2.27. The predicted octanol–water partition coefficient (Wildman–Crippen LogP) is 3.14. The molecule has 0 aromatic carbocycles. The number of rotatable bonds is 3. The molecule has 3 rings (SSSR count). The molecule has 3 nitrogen and oxygen atoms in total. The van der Waals surface area contributed by atoms with E-state index in [9.17, 15) is 0 Å². The van der Waals surface area contributed by atoms with Crippen LogP contribution in [0.1, 0.15) is 54.0 Å². The zero-order valence-corrected chi connectivity index (χ0v) is 12.4. The number of hydrogen-bond donors (Lipinski definition) is 1. The Kier molecular flexibility index (Phi) is 3.62. The van der Waals surface area contributed by atoms with Crippen LogP contribution in [-0.4, -0.2) is 9.55 Å². The monoisotopic (exact) mass is 269 g/mol. The summed E-state index contributed by atoms with van der Waals surface area (Å²) in [5.41, 5.74) is 12.9. The third-order valence-corrected chi connectivity index (χ3v) is 4.45. The third-order valence-electron chi connectivity index (χ3n) is 4.45. The van der Waals surface area contributed by atoms with E-state index in [4.69, 9.17) is 5.73 Å². The molecule has 0 radical (unpaired) electrons. The van der Waals surface area contributed by atoms with E-state index in [-0.39, 0.29) is 6.04 Å². The Morgan fingerprint density at radius 2 is 2.30 bits per heavy atom. The number of nitrogens with two attached hydrogens (primary N) is 1. The molecule has 0 saturated carbocycles. The molecule has 0 saturated heterocycles. The minimum atomic E-state index is 0.216. The highest BCUT2D eigenvalue weighted by molar-refractivity contribution is 5.34. The van der Waals surface area contributed by atoms with Crippen LogP contribution < -0.4 is 5.73 Å². The van der Waals surface area contributed by atoms with Gasteiger partial charge in [-0.1, -0.05) is 13.0 Å². The van der Waals surface area contributed by atoms with E-state index >= 15 is 0 Å². The summed E-state index contributed by atoms with van der Waals surface area (Å²) in [7, 11) is 0. The highest BCUT2D eigenvalue weighted by Gasteiger charge is 2.22. The largest absolute Gasteiger partial charge is 0.343 e. The van der Waals surface area contributed by atoms with Crippen LogP contribution in [0.3, 0.4) is 0 Å². The average Bonchev–Trinajstić information content (AvgIpc) is 2.78. The summed E-state index contributed by atoms with van der Waals surface area (Å²) in [4.78, 5) is 4.58. The second-order valence-electron chi connectivity index (χ2n) is 5.74. The van der Waals surface area contributed by atoms with E-state index < -0.39 is 0 Å². The normalized spacial score (nSPS) is 18.1. The van der Waals surface area contributed by atoms with Crippen LogP contribution >= 0.6 is 0 Å². The molecule has 1 aliphatic carbocycles. The SMILES string of the molecule is CCc1cccnc1Cn1c(C)cc2c1CCCC2N. The van der Waals surface area contributed by atoms with Gasteiger partial charge in [-0.25, -0.2) is 0 Å². The number of fused-ring (bicyclic) bond motifs is 1. The predicted molar refractivity (Wildman–Crippen MR) is 81.8 cm³/mol. The molecule has 106 valence electrons. The molecular weight excluding hydrogens is 246 g/mol. The zero-order valence-electron chi connectivity index (χ0n) is 12.4. The lowest BCUT2D eigenvalue weighted by atomic mass is 9.93. The van der Waals surface area contributed by atoms with Crippen molar-refractivity contribution in [3.8, 4) is 0 Å². The molecule has 0 fully saturated rings. The van der Waals surface area contributed by atoms with E-state index in [0.29, 0.717) is 0 Å². The number of aromatic nitrogens is 2. The van der Waals surface area contributed by atoms with Gasteiger partial charge in [-0.15, -0.1) is 0 Å². The van der Waals surface area contributed by atoms with Crippen molar-refractivity contribution < 1.29 is 0 Å². The Hall–Kier alpha value is -1.61. The Morgan fingerprint density at radius 1 is 1.45 bits per heavy atom. The van der Waals surface area contributed by atoms with Gasteiger partial charge in [0.15, 0.2) is 0 Å². The second-order valence-corrected chi connectivity index (χ2v) is 5.74. The average molecular weight is 269 g/mol. The maximum Gasteiger partial charge on any atom is 0.0650 e. The summed E-state index contributed by atoms with van der Waals surface area (Å²) in [6.07, 6.45) is 6.38. The van der Waals surface area contributed by atoms with Crippen LogP contribution in [0.5, 0.6) is 0 Å². The second kappa shape index (κ2) is 5.41. The van der Waals surface area contributed by atoms with Gasteiger partial charge in [-0.3, -0.25) is 4.98 Å². The summed E-state index contributed by atoms with van der Waals surface area (Å²) in [6, 6.07) is 6.69. The van der Waals surface area contributed by atoms with Crippen molar-refractivity contribution in [2.24, 2.45) is 5.73 Å². The van der Waals surface area contributed by atoms with Gasteiger partial charge < -0.3 is 10.3 Å². The van der Waals surface area contributed by atoms with Crippen LogP contribution in [0.25, 0.3) is 0 Å². The number of pyridine rings is 1. The molecule has 2 aromatic heterocycles. The quantitative estimate of drug-likeness (QED) is 0.930. The Balaban J connectivity index is 1.99. The lowest BCUT2D eigenvalue weighted by Crippen LogP contribution is -2.19. The van der Waals surface area contributed by atoms with Crippen molar-refractivity contribution in [2.45, 2.75) is 52.1 Å². The molecule has 0 bridgehead atoms. The van der Waals surface area contributed by atoms with Crippen molar-refractivity contribution in [3.05, 3.63) is 52.6 Å². The van der Waals surface area contributed by atoms with Gasteiger partial charge in [0.05, 0.1) is 12.2 Å². The lowest BCUT2D eigenvalue weighted by molar-refractivity contribution is 0.544. The van der Waals surface area contributed by atoms with Gasteiger partial charge in [-0.2, -0.15) is 0 Å². The van der Waals surface area contributed by atoms with E-state index in [0.717, 1.165) is 25.8 Å². The maximum absolute atomic E-state index is 6.25. The van der Waals surface area contributed by atoms with E-state index in [1.807, 2.05) is 12.3 Å². The van der Waals surface area contributed by atoms with E-state index in [1.165, 1.54) is 34.6 Å². The van der Waals surface area contributed by atoms with Gasteiger partial charge in [0.25, 0.3) is 0 Å². The van der Waals surface area contributed by atoms with Crippen molar-refractivity contribution in [1.82, 2.24) is 9.55 Å². The Morgan fingerprint density at radius 3 is 3.10 bits per heavy atom. The van der Waals surface area contributed by atoms with E-state index in [2.05, 4.69) is 35.5 Å². The van der Waals surface area contributed by atoms with Crippen LogP contribution in [0, 0.1) is 6.92 Å². The summed E-state index contributed by atoms with van der Waals surface area (Å²) in [5, 5.41) is 0. The first-order chi connectivity index (χ1) is 9.70. The molecule has 0 aliphatic heterocycles. The van der Waals surface area contributed by atoms with Gasteiger partial charge >= 0.3 is 0 Å². The molecule has 2 aromatic rings. The van der Waals surface area contributed by atoms with Gasteiger partial charge in [0.2, 0.25) is 0 Å². The van der Waals surface area contributed by atoms with Gasteiger partial charge in [0, 0.05) is 23.6 Å². The summed E-state index contributed by atoms with van der Waals surface area (Å²) < 4.78 is 2.41. The molecule has 2 heterocycles. The van der Waals surface area contributed by atoms with Crippen molar-refractivity contribution >= 4 is 0 Å². The van der Waals surface area contributed by atoms with Crippen molar-refractivity contribution in [3.63, 3.8) is 0 Å². The number of hydrogen-bond acceptors (Lipinski definition) is 2. The first-order valence-corrected chi connectivity index (χ1v) is 7.58. The van der Waals surface area contributed by atoms with Gasteiger partial charge in [0.1, 0.15) is 0 Å². The molecule has 2 N–H and O–H groups in total. The summed E-state index contributed by atoms with van der Waals surface area (Å²) >= 11 is 0. The van der Waals surface area contributed by atoms with E-state index in [1.54, 1.807) is 0 Å². The molecular formula is C17H23N3. The summed E-state index contributed by atoms with van der Waals surface area (Å²) in [6.45, 7) is 5.24. The summed E-state index contributed by atoms with van der Waals surface area (Å²) in [5.74, 6) is 0. The first-order valence-electron chi connectivity index (χ1n) is 7.58. The fraction of sp³-hybridized carbons (Fsp3) is 0.471. The fourth-order valence-electron chi connectivity index (χ4n) is 3.31. The highest BCUT2D eigenvalue weighted by atomic mass is 15.0. The minimum Gasteiger partial charge on any atom is -0.343 e. The number of nitrogens with zero attached hydrogens (tertiary/aromatic N) is 2. The molecule has 20 heavy (non-hydrogen) atoms. The molecule has 0 spiro atoms. The molecule has 1 atom stereocenters. The van der Waals surface area contributed by atoms with Gasteiger partial charge in [-0.05, 0) is 55.9 Å². The van der Waals surface area contributed by atoms with Crippen LogP contribution in [-0.2, 0) is 19.4 Å². The smallest absolute Gasteiger partial charge is 0.0650 e. The first kappa shape index (κ1) is 13.4. The molecule has 1 unspecified atom stereocenters. The van der Waals surface area contributed by atoms with Crippen LogP contribution in [0.2, 0.25) is 0 Å². The highest BCUT2D eigenvalue weighted by Crippen LogP contribution is 2.31. The molecule has 3 heteroatoms. The minimum absolute atomic E-state index is 0.216. The van der Waals surface area contributed by atoms with Crippen molar-refractivity contribution in [2.75, 3.05) is 0 Å². The molecule has 1 aliphatic rings. The molecule has 0 amide bonds. The van der Waals surface area contributed by atoms with Crippen LogP contribution in [0.4, 0.5) is 0 Å². The maximum atomic E-state index is 6.25. The lowest BCUT2D eigenvalue weighted by Gasteiger charge is -2.21. The Labute approximate surface area is 120 Å². The Bertz CT molecular complexity index is 613.